The second kappa shape index (κ2) is 6.35. The topological polar surface area (TPSA) is 32.3 Å². The second-order valence-corrected chi connectivity index (χ2v) is 6.01. The molecule has 0 aliphatic heterocycles. The molecule has 0 spiro atoms. The molecule has 1 atom stereocenters. The first-order valence-corrected chi connectivity index (χ1v) is 6.85. The molecule has 0 fully saturated rings. The van der Waals surface area contributed by atoms with E-state index >= 15 is 0 Å². The van der Waals surface area contributed by atoms with Gasteiger partial charge in [-0.05, 0) is 29.9 Å². The van der Waals surface area contributed by atoms with Crippen molar-refractivity contribution in [3.63, 3.8) is 0 Å². The Morgan fingerprint density at radius 1 is 1.11 bits per heavy atom. The van der Waals surface area contributed by atoms with E-state index in [0.29, 0.717) is 12.5 Å². The highest BCUT2D eigenvalue weighted by Crippen LogP contribution is 2.16. The monoisotopic (exact) mass is 249 g/mol. The molecule has 1 rings (SSSR count). The van der Waals surface area contributed by atoms with Crippen molar-refractivity contribution in [3.8, 4) is 0 Å². The lowest BCUT2D eigenvalue weighted by molar-refractivity contribution is 0.0140. The summed E-state index contributed by atoms with van der Waals surface area (Å²) in [7, 11) is 0. The highest BCUT2D eigenvalue weighted by Gasteiger charge is 2.23. The molecule has 0 aliphatic carbocycles. The van der Waals surface area contributed by atoms with Crippen LogP contribution in [0.2, 0.25) is 0 Å². The van der Waals surface area contributed by atoms with Gasteiger partial charge in [0.25, 0.3) is 0 Å². The summed E-state index contributed by atoms with van der Waals surface area (Å²) >= 11 is 0. The van der Waals surface area contributed by atoms with Crippen LogP contribution in [0.15, 0.2) is 24.3 Å². The van der Waals surface area contributed by atoms with Gasteiger partial charge in [0.15, 0.2) is 0 Å². The van der Waals surface area contributed by atoms with E-state index in [0.717, 1.165) is 6.54 Å². The zero-order valence-corrected chi connectivity index (χ0v) is 12.3. The summed E-state index contributed by atoms with van der Waals surface area (Å²) in [5.41, 5.74) is 1.99. The smallest absolute Gasteiger partial charge is 0.0766 e. The molecule has 1 unspecified atom stereocenters. The molecule has 0 saturated heterocycles. The van der Waals surface area contributed by atoms with E-state index in [1.54, 1.807) is 0 Å². The maximum absolute atomic E-state index is 10.1. The van der Waals surface area contributed by atoms with Gasteiger partial charge >= 0.3 is 0 Å². The van der Waals surface area contributed by atoms with E-state index in [2.05, 4.69) is 43.4 Å². The fraction of sp³-hybridized carbons (Fsp3) is 0.625. The molecule has 0 saturated carbocycles. The van der Waals surface area contributed by atoms with Gasteiger partial charge in [0.2, 0.25) is 0 Å². The number of rotatable bonds is 6. The lowest BCUT2D eigenvalue weighted by Gasteiger charge is -2.28. The lowest BCUT2D eigenvalue weighted by atomic mass is 9.92. The minimum Gasteiger partial charge on any atom is -0.389 e. The zero-order chi connectivity index (χ0) is 13.8. The molecule has 0 aliphatic rings. The van der Waals surface area contributed by atoms with Crippen LogP contribution in [0, 0.1) is 5.92 Å². The van der Waals surface area contributed by atoms with Crippen LogP contribution in [0.25, 0.3) is 0 Å². The van der Waals surface area contributed by atoms with Gasteiger partial charge in [-0.25, -0.2) is 0 Å². The summed E-state index contributed by atoms with van der Waals surface area (Å²) in [6.45, 7) is 11.8. The van der Waals surface area contributed by atoms with Crippen molar-refractivity contribution in [2.75, 3.05) is 6.54 Å². The number of benzene rings is 1. The summed E-state index contributed by atoms with van der Waals surface area (Å²) < 4.78 is 0. The third-order valence-electron chi connectivity index (χ3n) is 3.70. The minimum atomic E-state index is -0.641. The van der Waals surface area contributed by atoms with E-state index in [-0.39, 0.29) is 5.92 Å². The second-order valence-electron chi connectivity index (χ2n) is 6.01. The van der Waals surface area contributed by atoms with Gasteiger partial charge in [-0.2, -0.15) is 0 Å². The summed E-state index contributed by atoms with van der Waals surface area (Å²) in [6.07, 6.45) is 0. The molecular weight excluding hydrogens is 222 g/mol. The number of aliphatic hydroxyl groups is 1. The molecule has 0 amide bonds. The standard InChI is InChI=1S/C16H27NO/c1-12(2)15-8-6-14(7-9-15)10-17-11-16(5,18)13(3)4/h6-9,12-13,17-18H,10-11H2,1-5H3. The fourth-order valence-electron chi connectivity index (χ4n) is 1.68. The van der Waals surface area contributed by atoms with Gasteiger partial charge in [-0.1, -0.05) is 52.0 Å². The van der Waals surface area contributed by atoms with Gasteiger partial charge in [0, 0.05) is 13.1 Å². The van der Waals surface area contributed by atoms with Crippen molar-refractivity contribution in [1.29, 1.82) is 0 Å². The Kier molecular flexibility index (Phi) is 5.36. The summed E-state index contributed by atoms with van der Waals surface area (Å²) in [5.74, 6) is 0.835. The molecule has 1 aromatic carbocycles. The van der Waals surface area contributed by atoms with Crippen molar-refractivity contribution >= 4 is 0 Å². The van der Waals surface area contributed by atoms with Crippen LogP contribution in [0.5, 0.6) is 0 Å². The molecule has 18 heavy (non-hydrogen) atoms. The summed E-state index contributed by atoms with van der Waals surface area (Å²) in [5, 5.41) is 13.4. The molecule has 102 valence electrons. The molecule has 0 bridgehead atoms. The zero-order valence-electron chi connectivity index (χ0n) is 12.3. The van der Waals surface area contributed by atoms with E-state index in [9.17, 15) is 5.11 Å². The van der Waals surface area contributed by atoms with E-state index < -0.39 is 5.60 Å². The summed E-state index contributed by atoms with van der Waals surface area (Å²) in [4.78, 5) is 0. The number of hydrogen-bond acceptors (Lipinski definition) is 2. The molecule has 2 nitrogen and oxygen atoms in total. The quantitative estimate of drug-likeness (QED) is 0.810. The van der Waals surface area contributed by atoms with Crippen molar-refractivity contribution in [3.05, 3.63) is 35.4 Å². The first kappa shape index (κ1) is 15.2. The van der Waals surface area contributed by atoms with Gasteiger partial charge in [-0.15, -0.1) is 0 Å². The predicted molar refractivity (Wildman–Crippen MR) is 77.7 cm³/mol. The molecule has 2 N–H and O–H groups in total. The van der Waals surface area contributed by atoms with Crippen molar-refractivity contribution < 1.29 is 5.11 Å². The van der Waals surface area contributed by atoms with E-state index in [4.69, 9.17) is 0 Å². The first-order valence-electron chi connectivity index (χ1n) is 6.85. The highest BCUT2D eigenvalue weighted by molar-refractivity contribution is 5.24. The maximum Gasteiger partial charge on any atom is 0.0766 e. The lowest BCUT2D eigenvalue weighted by Crippen LogP contribution is -2.41. The maximum atomic E-state index is 10.1. The van der Waals surface area contributed by atoms with Crippen LogP contribution >= 0.6 is 0 Å². The van der Waals surface area contributed by atoms with Gasteiger partial charge in [0.05, 0.1) is 5.60 Å². The first-order chi connectivity index (χ1) is 8.33. The van der Waals surface area contributed by atoms with E-state index in [1.165, 1.54) is 11.1 Å². The van der Waals surface area contributed by atoms with Crippen molar-refractivity contribution in [2.24, 2.45) is 5.92 Å². The summed E-state index contributed by atoms with van der Waals surface area (Å²) in [6, 6.07) is 8.68. The third-order valence-corrected chi connectivity index (χ3v) is 3.70. The molecule has 0 radical (unpaired) electrons. The van der Waals surface area contributed by atoms with Crippen LogP contribution in [0.3, 0.4) is 0 Å². The van der Waals surface area contributed by atoms with E-state index in [1.807, 2.05) is 20.8 Å². The van der Waals surface area contributed by atoms with Gasteiger partial charge in [0.1, 0.15) is 0 Å². The third kappa shape index (κ3) is 4.43. The van der Waals surface area contributed by atoms with Crippen LogP contribution in [-0.2, 0) is 6.54 Å². The molecule has 0 heterocycles. The Morgan fingerprint density at radius 2 is 1.67 bits per heavy atom. The Hall–Kier alpha value is -0.860. The van der Waals surface area contributed by atoms with Crippen molar-refractivity contribution in [1.82, 2.24) is 5.32 Å². The molecule has 2 heteroatoms. The Balaban J connectivity index is 2.45. The predicted octanol–water partition coefficient (Wildman–Crippen LogP) is 3.31. The van der Waals surface area contributed by atoms with Crippen LogP contribution in [-0.4, -0.2) is 17.3 Å². The minimum absolute atomic E-state index is 0.258. The molecule has 0 aromatic heterocycles. The largest absolute Gasteiger partial charge is 0.389 e. The van der Waals surface area contributed by atoms with Crippen LogP contribution in [0.1, 0.15) is 51.7 Å². The Bertz CT molecular complexity index is 352. The SMILES string of the molecule is CC(C)c1ccc(CNCC(C)(O)C(C)C)cc1. The van der Waals surface area contributed by atoms with Gasteiger partial charge in [-0.3, -0.25) is 0 Å². The number of nitrogens with one attached hydrogen (secondary N) is 1. The van der Waals surface area contributed by atoms with Crippen LogP contribution < -0.4 is 5.32 Å². The van der Waals surface area contributed by atoms with Crippen molar-refractivity contribution in [2.45, 2.75) is 52.7 Å². The Labute approximate surface area is 111 Å². The Morgan fingerprint density at radius 3 is 2.11 bits per heavy atom. The highest BCUT2D eigenvalue weighted by atomic mass is 16.3. The van der Waals surface area contributed by atoms with Gasteiger partial charge < -0.3 is 10.4 Å². The molecule has 1 aromatic rings. The fourth-order valence-corrected chi connectivity index (χ4v) is 1.68. The normalized spacial score (nSPS) is 15.1. The average Bonchev–Trinajstić information content (AvgIpc) is 2.29. The number of hydrogen-bond donors (Lipinski definition) is 2. The van der Waals surface area contributed by atoms with Crippen LogP contribution in [0.4, 0.5) is 0 Å². The molecular formula is C16H27NO. The average molecular weight is 249 g/mol.